The van der Waals surface area contributed by atoms with Crippen molar-refractivity contribution in [3.63, 3.8) is 0 Å². The average molecular weight is 321 g/mol. The Morgan fingerprint density at radius 3 is 2.57 bits per heavy atom. The van der Waals surface area contributed by atoms with Gasteiger partial charge in [-0.3, -0.25) is 4.72 Å². The van der Waals surface area contributed by atoms with Crippen LogP contribution in [0.25, 0.3) is 10.3 Å². The number of hydrogen-bond acceptors (Lipinski definition) is 5. The molecule has 0 radical (unpaired) electrons. The van der Waals surface area contributed by atoms with Crippen molar-refractivity contribution < 1.29 is 12.8 Å². The normalized spacial score (nSPS) is 11.7. The van der Waals surface area contributed by atoms with Gasteiger partial charge >= 0.3 is 4.94 Å². The summed E-state index contributed by atoms with van der Waals surface area (Å²) in [5.41, 5.74) is 1.58. The smallest absolute Gasteiger partial charge is 0.396 e. The second-order valence-corrected chi connectivity index (χ2v) is 7.15. The number of sulfonamides is 1. The first-order chi connectivity index (χ1) is 9.95. The van der Waals surface area contributed by atoms with Crippen LogP contribution in [0.15, 0.2) is 56.6 Å². The van der Waals surface area contributed by atoms with Crippen LogP contribution < -0.4 is 9.66 Å². The minimum atomic E-state index is -3.65. The predicted octanol–water partition coefficient (Wildman–Crippen LogP) is 2.96. The predicted molar refractivity (Wildman–Crippen MR) is 82.3 cm³/mol. The van der Waals surface area contributed by atoms with E-state index in [9.17, 15) is 13.2 Å². The van der Waals surface area contributed by atoms with Gasteiger partial charge in [0.05, 0.1) is 15.3 Å². The highest BCUT2D eigenvalue weighted by atomic mass is 32.2. The number of benzene rings is 2. The first-order valence-electron chi connectivity index (χ1n) is 6.08. The van der Waals surface area contributed by atoms with E-state index in [4.69, 9.17) is 4.42 Å². The Kier molecular flexibility index (Phi) is 3.30. The van der Waals surface area contributed by atoms with Crippen LogP contribution in [0.3, 0.4) is 0 Å². The number of fused-ring (bicyclic) bond motifs is 1. The maximum absolute atomic E-state index is 12.3. The van der Waals surface area contributed by atoms with Crippen molar-refractivity contribution in [3.05, 3.63) is 57.8 Å². The Morgan fingerprint density at radius 2 is 1.86 bits per heavy atom. The summed E-state index contributed by atoms with van der Waals surface area (Å²) in [5, 5.41) is 0. The second kappa shape index (κ2) is 5.01. The number of hydrogen-bond donors (Lipinski definition) is 1. The molecule has 0 atom stereocenters. The van der Waals surface area contributed by atoms with Crippen LogP contribution in [0.1, 0.15) is 5.56 Å². The molecule has 5 nitrogen and oxygen atoms in total. The standard InChI is InChI=1S/C14H11NO4S2/c1-9-7-12-13(20-14(16)19-12)8-11(9)15-21(17,18)10-5-3-2-4-6-10/h2-8,15H,1H3. The Balaban J connectivity index is 2.05. The maximum Gasteiger partial charge on any atom is 0.396 e. The van der Waals surface area contributed by atoms with Crippen LogP contribution in [0, 0.1) is 6.92 Å². The summed E-state index contributed by atoms with van der Waals surface area (Å²) >= 11 is 0.940. The van der Waals surface area contributed by atoms with E-state index in [-0.39, 0.29) is 4.90 Å². The van der Waals surface area contributed by atoms with Crippen LogP contribution in [-0.4, -0.2) is 8.42 Å². The van der Waals surface area contributed by atoms with Gasteiger partial charge in [0, 0.05) is 0 Å². The molecular weight excluding hydrogens is 310 g/mol. The summed E-state index contributed by atoms with van der Waals surface area (Å²) in [4.78, 5) is 11.0. The summed E-state index contributed by atoms with van der Waals surface area (Å²) in [5.74, 6) is 0. The van der Waals surface area contributed by atoms with E-state index in [1.807, 2.05) is 0 Å². The molecule has 0 spiro atoms. The Bertz CT molecular complexity index is 956. The Morgan fingerprint density at radius 1 is 1.14 bits per heavy atom. The molecule has 0 amide bonds. The van der Waals surface area contributed by atoms with Gasteiger partial charge in [-0.25, -0.2) is 13.2 Å². The van der Waals surface area contributed by atoms with Gasteiger partial charge in [0.25, 0.3) is 10.0 Å². The van der Waals surface area contributed by atoms with E-state index in [0.29, 0.717) is 21.5 Å². The van der Waals surface area contributed by atoms with Gasteiger partial charge in [0.2, 0.25) is 0 Å². The van der Waals surface area contributed by atoms with Gasteiger partial charge < -0.3 is 4.42 Å². The molecule has 0 saturated heterocycles. The maximum atomic E-state index is 12.3. The first kappa shape index (κ1) is 13.8. The molecule has 7 heteroatoms. The third kappa shape index (κ3) is 2.70. The highest BCUT2D eigenvalue weighted by Crippen LogP contribution is 2.27. The number of nitrogens with one attached hydrogen (secondary N) is 1. The molecule has 0 aliphatic heterocycles. The number of anilines is 1. The van der Waals surface area contributed by atoms with Gasteiger partial charge in [0.15, 0.2) is 0 Å². The molecule has 0 fully saturated rings. The lowest BCUT2D eigenvalue weighted by Gasteiger charge is -2.10. The molecule has 0 bridgehead atoms. The topological polar surface area (TPSA) is 76.4 Å². The van der Waals surface area contributed by atoms with Crippen molar-refractivity contribution >= 4 is 37.3 Å². The summed E-state index contributed by atoms with van der Waals surface area (Å²) in [6, 6.07) is 11.4. The summed E-state index contributed by atoms with van der Waals surface area (Å²) in [6.45, 7) is 1.75. The molecule has 1 aromatic heterocycles. The number of aryl methyl sites for hydroxylation is 1. The fraction of sp³-hybridized carbons (Fsp3) is 0.0714. The van der Waals surface area contributed by atoms with Gasteiger partial charge in [-0.1, -0.05) is 29.5 Å². The Labute approximate surface area is 124 Å². The molecule has 0 aliphatic carbocycles. The van der Waals surface area contributed by atoms with E-state index in [1.165, 1.54) is 12.1 Å². The summed E-state index contributed by atoms with van der Waals surface area (Å²) in [7, 11) is -3.65. The minimum Gasteiger partial charge on any atom is -0.414 e. The largest absolute Gasteiger partial charge is 0.414 e. The van der Waals surface area contributed by atoms with Crippen LogP contribution in [0.5, 0.6) is 0 Å². The molecule has 1 N–H and O–H groups in total. The van der Waals surface area contributed by atoms with Crippen molar-refractivity contribution in [2.45, 2.75) is 11.8 Å². The van der Waals surface area contributed by atoms with Crippen LogP contribution in [0.2, 0.25) is 0 Å². The first-order valence-corrected chi connectivity index (χ1v) is 8.38. The minimum absolute atomic E-state index is 0.185. The van der Waals surface area contributed by atoms with Crippen molar-refractivity contribution in [2.24, 2.45) is 0 Å². The second-order valence-electron chi connectivity index (χ2n) is 4.49. The lowest BCUT2D eigenvalue weighted by atomic mass is 10.2. The quantitative estimate of drug-likeness (QED) is 0.804. The van der Waals surface area contributed by atoms with E-state index < -0.39 is 15.0 Å². The van der Waals surface area contributed by atoms with E-state index in [1.54, 1.807) is 37.3 Å². The van der Waals surface area contributed by atoms with Gasteiger partial charge in [-0.05, 0) is 36.8 Å². The summed E-state index contributed by atoms with van der Waals surface area (Å²) < 4.78 is 32.8. The third-order valence-corrected chi connectivity index (χ3v) is 5.15. The fourth-order valence-electron chi connectivity index (χ4n) is 1.93. The van der Waals surface area contributed by atoms with Crippen molar-refractivity contribution in [1.82, 2.24) is 0 Å². The zero-order valence-corrected chi connectivity index (χ0v) is 12.6. The molecular formula is C14H11NO4S2. The monoisotopic (exact) mass is 321 g/mol. The van der Waals surface area contributed by atoms with Crippen molar-refractivity contribution in [2.75, 3.05) is 4.72 Å². The van der Waals surface area contributed by atoms with Crippen molar-refractivity contribution in [1.29, 1.82) is 0 Å². The van der Waals surface area contributed by atoms with E-state index in [2.05, 4.69) is 4.72 Å². The molecule has 108 valence electrons. The third-order valence-electron chi connectivity index (χ3n) is 2.98. The lowest BCUT2D eigenvalue weighted by molar-refractivity contribution is 0.585. The van der Waals surface area contributed by atoms with Crippen LogP contribution >= 0.6 is 11.3 Å². The molecule has 0 saturated carbocycles. The molecule has 1 heterocycles. The Hall–Kier alpha value is -2.12. The van der Waals surface area contributed by atoms with Crippen LogP contribution in [-0.2, 0) is 10.0 Å². The van der Waals surface area contributed by atoms with E-state index in [0.717, 1.165) is 11.3 Å². The fourth-order valence-corrected chi connectivity index (χ4v) is 3.77. The molecule has 0 unspecified atom stereocenters. The molecule has 3 aromatic rings. The van der Waals surface area contributed by atoms with Crippen LogP contribution in [0.4, 0.5) is 5.69 Å². The SMILES string of the molecule is Cc1cc2oc(=O)sc2cc1NS(=O)(=O)c1ccccc1. The zero-order chi connectivity index (χ0) is 15.0. The highest BCUT2D eigenvalue weighted by Gasteiger charge is 2.16. The average Bonchev–Trinajstić information content (AvgIpc) is 2.79. The lowest BCUT2D eigenvalue weighted by Crippen LogP contribution is -2.13. The zero-order valence-electron chi connectivity index (χ0n) is 11.0. The highest BCUT2D eigenvalue weighted by molar-refractivity contribution is 7.92. The van der Waals surface area contributed by atoms with E-state index >= 15 is 0 Å². The van der Waals surface area contributed by atoms with Crippen molar-refractivity contribution in [3.8, 4) is 0 Å². The van der Waals surface area contributed by atoms with Gasteiger partial charge in [-0.15, -0.1) is 0 Å². The number of rotatable bonds is 3. The molecule has 0 aliphatic rings. The van der Waals surface area contributed by atoms with Gasteiger partial charge in [-0.2, -0.15) is 0 Å². The molecule has 2 aromatic carbocycles. The molecule has 3 rings (SSSR count). The van der Waals surface area contributed by atoms with Gasteiger partial charge in [0.1, 0.15) is 5.58 Å². The summed E-state index contributed by atoms with van der Waals surface area (Å²) in [6.07, 6.45) is 0. The molecule has 21 heavy (non-hydrogen) atoms.